The van der Waals surface area contributed by atoms with Gasteiger partial charge in [0.15, 0.2) is 12.0 Å². The van der Waals surface area contributed by atoms with Gasteiger partial charge in [-0.3, -0.25) is 4.57 Å². The number of rotatable bonds is 1. The minimum Gasteiger partial charge on any atom is -0.382 e. The molecular weight excluding hydrogens is 286 g/mol. The Bertz CT molecular complexity index is 603. The van der Waals surface area contributed by atoms with Gasteiger partial charge in [0.1, 0.15) is 18.0 Å². The maximum Gasteiger partial charge on any atom is 0.351 e. The van der Waals surface area contributed by atoms with Crippen molar-refractivity contribution in [2.75, 3.05) is 5.73 Å². The van der Waals surface area contributed by atoms with Gasteiger partial charge in [-0.15, -0.1) is 0 Å². The molecule has 8 heteroatoms. The summed E-state index contributed by atoms with van der Waals surface area (Å²) in [6.45, 7) is 5.53. The molecule has 3 rings (SSSR count). The molecule has 1 aromatic heterocycles. The molecule has 0 saturated carbocycles. The topological polar surface area (TPSA) is 88.6 Å². The number of hydrogen-bond donors (Lipinski definition) is 1. The molecule has 3 heterocycles. The van der Waals surface area contributed by atoms with Gasteiger partial charge in [0, 0.05) is 6.20 Å². The van der Waals surface area contributed by atoms with Crippen molar-refractivity contribution >= 4 is 17.4 Å². The molecule has 0 bridgehead atoms. The summed E-state index contributed by atoms with van der Waals surface area (Å²) in [5.74, 6) is -0.709. The lowest BCUT2D eigenvalue weighted by atomic mass is 10.1. The van der Waals surface area contributed by atoms with E-state index in [9.17, 15) is 4.79 Å². The Kier molecular flexibility index (Phi) is 3.06. The van der Waals surface area contributed by atoms with E-state index in [1.165, 1.54) is 10.8 Å². The van der Waals surface area contributed by atoms with Crippen LogP contribution in [0.5, 0.6) is 0 Å². The van der Waals surface area contributed by atoms with E-state index in [0.29, 0.717) is 0 Å². The third kappa shape index (κ3) is 2.10. The van der Waals surface area contributed by atoms with Crippen LogP contribution in [0.4, 0.5) is 5.82 Å². The van der Waals surface area contributed by atoms with Crippen LogP contribution in [-0.2, 0) is 14.2 Å². The highest BCUT2D eigenvalue weighted by Gasteiger charge is 2.54. The van der Waals surface area contributed by atoms with Gasteiger partial charge in [-0.25, -0.2) is 4.79 Å². The lowest BCUT2D eigenvalue weighted by Gasteiger charge is -2.24. The third-order valence-electron chi connectivity index (χ3n) is 3.47. The predicted molar refractivity (Wildman–Crippen MR) is 71.3 cm³/mol. The SMILES string of the molecule is C[C@H]1O[C@@H](n2cc(Cl)c(N)nc2=O)[C@H]2OC(C)(C)O[C@H]21. The zero-order chi connectivity index (χ0) is 14.7. The zero-order valence-electron chi connectivity index (χ0n) is 11.4. The maximum atomic E-state index is 12.0. The molecule has 0 unspecified atom stereocenters. The van der Waals surface area contributed by atoms with Gasteiger partial charge >= 0.3 is 5.69 Å². The first-order valence-corrected chi connectivity index (χ1v) is 6.71. The van der Waals surface area contributed by atoms with Gasteiger partial charge in [0.2, 0.25) is 0 Å². The standard InChI is InChI=1S/C12H16ClN3O4/c1-5-7-8(20-12(2,3)19-7)10(18-5)16-4-6(13)9(14)15-11(16)17/h4-5,7-8,10H,1-3H3,(H2,14,15,17)/t5-,7+,8+,10-/m1/s1. The summed E-state index contributed by atoms with van der Waals surface area (Å²) in [7, 11) is 0. The van der Waals surface area contributed by atoms with Gasteiger partial charge in [-0.05, 0) is 20.8 Å². The summed E-state index contributed by atoms with van der Waals surface area (Å²) in [5, 5.41) is 0.197. The molecule has 20 heavy (non-hydrogen) atoms. The maximum absolute atomic E-state index is 12.0. The van der Waals surface area contributed by atoms with Crippen LogP contribution in [0.25, 0.3) is 0 Å². The molecule has 2 saturated heterocycles. The summed E-state index contributed by atoms with van der Waals surface area (Å²) >= 11 is 5.92. The molecule has 2 fully saturated rings. The summed E-state index contributed by atoms with van der Waals surface area (Å²) < 4.78 is 18.7. The lowest BCUT2D eigenvalue weighted by Crippen LogP contribution is -2.35. The van der Waals surface area contributed by atoms with Crippen molar-refractivity contribution in [2.45, 2.75) is 51.1 Å². The molecule has 2 N–H and O–H groups in total. The van der Waals surface area contributed by atoms with Crippen molar-refractivity contribution in [3.05, 3.63) is 21.7 Å². The van der Waals surface area contributed by atoms with Gasteiger partial charge < -0.3 is 19.9 Å². The van der Waals surface area contributed by atoms with Crippen molar-refractivity contribution in [1.29, 1.82) is 0 Å². The van der Waals surface area contributed by atoms with Gasteiger partial charge in [0.25, 0.3) is 0 Å². The largest absolute Gasteiger partial charge is 0.382 e. The molecular formula is C12H16ClN3O4. The fourth-order valence-electron chi connectivity index (χ4n) is 2.64. The second-order valence-electron chi connectivity index (χ2n) is 5.46. The number of nitrogens with two attached hydrogens (primary N) is 1. The van der Waals surface area contributed by atoms with Crippen molar-refractivity contribution in [2.24, 2.45) is 0 Å². The number of nitrogen functional groups attached to an aromatic ring is 1. The van der Waals surface area contributed by atoms with E-state index >= 15 is 0 Å². The van der Waals surface area contributed by atoms with Crippen LogP contribution >= 0.6 is 11.6 Å². The fraction of sp³-hybridized carbons (Fsp3) is 0.667. The van der Waals surface area contributed by atoms with E-state index in [1.54, 1.807) is 0 Å². The number of hydrogen-bond acceptors (Lipinski definition) is 6. The Hall–Kier alpha value is -1.15. The van der Waals surface area contributed by atoms with Crippen molar-refractivity contribution in [3.63, 3.8) is 0 Å². The lowest BCUT2D eigenvalue weighted by molar-refractivity contribution is -0.195. The second-order valence-corrected chi connectivity index (χ2v) is 5.87. The first kappa shape index (κ1) is 13.8. The molecule has 2 aliphatic heterocycles. The van der Waals surface area contributed by atoms with E-state index in [2.05, 4.69) is 4.98 Å². The van der Waals surface area contributed by atoms with Crippen molar-refractivity contribution in [3.8, 4) is 0 Å². The fourth-order valence-corrected chi connectivity index (χ4v) is 2.79. The molecule has 0 aliphatic carbocycles. The van der Waals surface area contributed by atoms with Gasteiger partial charge in [-0.2, -0.15) is 4.98 Å². The number of fused-ring (bicyclic) bond motifs is 1. The van der Waals surface area contributed by atoms with E-state index in [1.807, 2.05) is 20.8 Å². The second kappa shape index (κ2) is 4.42. The van der Waals surface area contributed by atoms with Crippen LogP contribution in [0.15, 0.2) is 11.0 Å². The highest BCUT2D eigenvalue weighted by Crippen LogP contribution is 2.42. The minimum absolute atomic E-state index is 0.000526. The predicted octanol–water partition coefficient (Wildman–Crippen LogP) is 0.916. The Morgan fingerprint density at radius 3 is 2.75 bits per heavy atom. The molecule has 0 aromatic carbocycles. The normalized spacial score (nSPS) is 35.2. The number of nitrogens with zero attached hydrogens (tertiary/aromatic N) is 2. The molecule has 2 aliphatic rings. The smallest absolute Gasteiger partial charge is 0.351 e. The summed E-state index contributed by atoms with van der Waals surface area (Å²) in [5.41, 5.74) is 4.98. The van der Waals surface area contributed by atoms with Gasteiger partial charge in [-0.1, -0.05) is 11.6 Å². The number of halogens is 1. The van der Waals surface area contributed by atoms with Crippen molar-refractivity contribution in [1.82, 2.24) is 9.55 Å². The Morgan fingerprint density at radius 2 is 2.05 bits per heavy atom. The average molecular weight is 302 g/mol. The molecule has 110 valence electrons. The molecule has 1 aromatic rings. The summed E-state index contributed by atoms with van der Waals surface area (Å²) in [6.07, 6.45) is -0.0389. The van der Waals surface area contributed by atoms with Crippen LogP contribution in [0.2, 0.25) is 5.02 Å². The van der Waals surface area contributed by atoms with E-state index in [0.717, 1.165) is 0 Å². The Labute approximate surface area is 120 Å². The Balaban J connectivity index is 1.99. The van der Waals surface area contributed by atoms with Crippen LogP contribution in [0, 0.1) is 0 Å². The Morgan fingerprint density at radius 1 is 1.40 bits per heavy atom. The minimum atomic E-state index is -0.708. The number of anilines is 1. The average Bonchev–Trinajstić information content (AvgIpc) is 2.80. The van der Waals surface area contributed by atoms with Gasteiger partial charge in [0.05, 0.1) is 11.1 Å². The van der Waals surface area contributed by atoms with E-state index < -0.39 is 17.7 Å². The molecule has 7 nitrogen and oxygen atoms in total. The van der Waals surface area contributed by atoms with Crippen LogP contribution in [-0.4, -0.2) is 33.7 Å². The number of aromatic nitrogens is 2. The molecule has 4 atom stereocenters. The monoisotopic (exact) mass is 301 g/mol. The summed E-state index contributed by atoms with van der Waals surface area (Å²) in [4.78, 5) is 15.6. The first-order chi connectivity index (χ1) is 9.28. The van der Waals surface area contributed by atoms with Crippen LogP contribution in [0.1, 0.15) is 27.0 Å². The van der Waals surface area contributed by atoms with Crippen LogP contribution < -0.4 is 11.4 Å². The molecule has 0 spiro atoms. The quantitative estimate of drug-likeness (QED) is 0.829. The number of ether oxygens (including phenoxy) is 3. The zero-order valence-corrected chi connectivity index (χ0v) is 12.1. The molecule has 0 amide bonds. The van der Waals surface area contributed by atoms with E-state index in [-0.39, 0.29) is 29.2 Å². The molecule has 0 radical (unpaired) electrons. The third-order valence-corrected chi connectivity index (χ3v) is 3.76. The van der Waals surface area contributed by atoms with Crippen molar-refractivity contribution < 1.29 is 14.2 Å². The van der Waals surface area contributed by atoms with E-state index in [4.69, 9.17) is 31.5 Å². The highest BCUT2D eigenvalue weighted by atomic mass is 35.5. The highest BCUT2D eigenvalue weighted by molar-refractivity contribution is 6.32. The summed E-state index contributed by atoms with van der Waals surface area (Å²) in [6, 6.07) is 0. The first-order valence-electron chi connectivity index (χ1n) is 6.34. The van der Waals surface area contributed by atoms with Crippen LogP contribution in [0.3, 0.4) is 0 Å².